The molecule has 110 valence electrons. The van der Waals surface area contributed by atoms with E-state index in [1.807, 2.05) is 0 Å². The molecule has 0 radical (unpaired) electrons. The summed E-state index contributed by atoms with van der Waals surface area (Å²) in [6.45, 7) is 5.68. The number of ether oxygens (including phenoxy) is 2. The number of aromatic nitrogens is 1. The van der Waals surface area contributed by atoms with Gasteiger partial charge in [0.2, 0.25) is 0 Å². The van der Waals surface area contributed by atoms with E-state index in [0.717, 1.165) is 50.9 Å². The molecule has 1 aromatic rings. The predicted molar refractivity (Wildman–Crippen MR) is 76.5 cm³/mol. The fraction of sp³-hybridized carbons (Fsp3) is 0.692. The first kappa shape index (κ1) is 13.8. The first-order valence-electron chi connectivity index (χ1n) is 6.89. The van der Waals surface area contributed by atoms with Crippen LogP contribution in [0.1, 0.15) is 16.1 Å². The smallest absolute Gasteiger partial charge is 0.349 e. The predicted octanol–water partition coefficient (Wildman–Crippen LogP) is 0.841. The van der Waals surface area contributed by atoms with Crippen LogP contribution in [0.2, 0.25) is 0 Å². The molecule has 1 unspecified atom stereocenters. The highest BCUT2D eigenvalue weighted by Crippen LogP contribution is 2.28. The van der Waals surface area contributed by atoms with Gasteiger partial charge >= 0.3 is 5.97 Å². The van der Waals surface area contributed by atoms with Gasteiger partial charge in [0, 0.05) is 32.2 Å². The quantitative estimate of drug-likeness (QED) is 0.771. The summed E-state index contributed by atoms with van der Waals surface area (Å²) in [6, 6.07) is 0.573. The van der Waals surface area contributed by atoms with Gasteiger partial charge in [-0.25, -0.2) is 9.78 Å². The summed E-state index contributed by atoms with van der Waals surface area (Å²) in [5.41, 5.74) is 0. The number of carbonyl (C=O) groups is 1. The Kier molecular flexibility index (Phi) is 4.18. The van der Waals surface area contributed by atoms with E-state index in [2.05, 4.69) is 14.8 Å². The molecule has 2 aliphatic heterocycles. The SMILES string of the molecule is COC(=O)c1cnc(N2CCC(N3CCOCC3)C2)s1. The molecule has 6 nitrogen and oxygen atoms in total. The molecule has 1 aromatic heterocycles. The number of esters is 1. The molecular weight excluding hydrogens is 278 g/mol. The zero-order valence-electron chi connectivity index (χ0n) is 11.6. The molecule has 3 heterocycles. The van der Waals surface area contributed by atoms with Crippen molar-refractivity contribution in [3.05, 3.63) is 11.1 Å². The molecule has 3 rings (SSSR count). The maximum atomic E-state index is 11.5. The fourth-order valence-corrected chi connectivity index (χ4v) is 3.63. The lowest BCUT2D eigenvalue weighted by Gasteiger charge is -2.32. The molecule has 0 N–H and O–H groups in total. The van der Waals surface area contributed by atoms with Crippen molar-refractivity contribution in [3.8, 4) is 0 Å². The van der Waals surface area contributed by atoms with Gasteiger partial charge in [-0.2, -0.15) is 0 Å². The van der Waals surface area contributed by atoms with Crippen LogP contribution in [0.3, 0.4) is 0 Å². The van der Waals surface area contributed by atoms with Crippen molar-refractivity contribution in [2.45, 2.75) is 12.5 Å². The summed E-state index contributed by atoms with van der Waals surface area (Å²) in [5, 5.41) is 0.918. The molecule has 2 saturated heterocycles. The number of carbonyl (C=O) groups excluding carboxylic acids is 1. The number of morpholine rings is 1. The van der Waals surface area contributed by atoms with Gasteiger partial charge in [0.1, 0.15) is 4.88 Å². The second-order valence-corrected chi connectivity index (χ2v) is 6.04. The highest BCUT2D eigenvalue weighted by molar-refractivity contribution is 7.17. The number of thiazole rings is 1. The Bertz CT molecular complexity index is 473. The molecule has 0 saturated carbocycles. The summed E-state index contributed by atoms with van der Waals surface area (Å²) < 4.78 is 10.1. The molecule has 0 aromatic carbocycles. The van der Waals surface area contributed by atoms with Gasteiger partial charge in [0.15, 0.2) is 5.13 Å². The van der Waals surface area contributed by atoms with Crippen LogP contribution >= 0.6 is 11.3 Å². The third-order valence-corrected chi connectivity index (χ3v) is 4.91. The van der Waals surface area contributed by atoms with E-state index in [1.54, 1.807) is 6.20 Å². The van der Waals surface area contributed by atoms with Gasteiger partial charge in [0.05, 0.1) is 26.5 Å². The van der Waals surface area contributed by atoms with Crippen LogP contribution in [0.25, 0.3) is 0 Å². The van der Waals surface area contributed by atoms with E-state index in [9.17, 15) is 4.79 Å². The second kappa shape index (κ2) is 6.07. The van der Waals surface area contributed by atoms with Crippen LogP contribution in [0.4, 0.5) is 5.13 Å². The summed E-state index contributed by atoms with van der Waals surface area (Å²) >= 11 is 1.41. The maximum absolute atomic E-state index is 11.5. The standard InChI is InChI=1S/C13H19N3O3S/c1-18-12(17)11-8-14-13(20-11)16-3-2-10(9-16)15-4-6-19-7-5-15/h8,10H,2-7,9H2,1H3. The van der Waals surface area contributed by atoms with Gasteiger partial charge in [-0.3, -0.25) is 4.90 Å². The molecule has 0 amide bonds. The zero-order chi connectivity index (χ0) is 13.9. The monoisotopic (exact) mass is 297 g/mol. The van der Waals surface area contributed by atoms with Crippen molar-refractivity contribution >= 4 is 22.4 Å². The van der Waals surface area contributed by atoms with E-state index >= 15 is 0 Å². The number of hydrogen-bond donors (Lipinski definition) is 0. The molecule has 20 heavy (non-hydrogen) atoms. The summed E-state index contributed by atoms with van der Waals surface area (Å²) in [4.78, 5) is 21.1. The number of nitrogens with zero attached hydrogens (tertiary/aromatic N) is 3. The van der Waals surface area contributed by atoms with Crippen molar-refractivity contribution in [2.75, 3.05) is 51.4 Å². The Morgan fingerprint density at radius 2 is 2.25 bits per heavy atom. The third kappa shape index (κ3) is 2.79. The van der Waals surface area contributed by atoms with Gasteiger partial charge in [-0.15, -0.1) is 0 Å². The highest BCUT2D eigenvalue weighted by atomic mass is 32.1. The normalized spacial score (nSPS) is 24.1. The Hall–Kier alpha value is -1.18. The van der Waals surface area contributed by atoms with Crippen molar-refractivity contribution in [3.63, 3.8) is 0 Å². The van der Waals surface area contributed by atoms with Gasteiger partial charge < -0.3 is 14.4 Å². The fourth-order valence-electron chi connectivity index (χ4n) is 2.76. The van der Waals surface area contributed by atoms with Crippen LogP contribution < -0.4 is 4.90 Å². The number of anilines is 1. The number of hydrogen-bond acceptors (Lipinski definition) is 7. The number of methoxy groups -OCH3 is 1. The van der Waals surface area contributed by atoms with Crippen LogP contribution in [-0.4, -0.2) is 68.4 Å². The van der Waals surface area contributed by atoms with E-state index < -0.39 is 0 Å². The minimum atomic E-state index is -0.308. The van der Waals surface area contributed by atoms with Gasteiger partial charge in [-0.05, 0) is 6.42 Å². The minimum Gasteiger partial charge on any atom is -0.465 e. The van der Waals surface area contributed by atoms with Crippen molar-refractivity contribution in [1.82, 2.24) is 9.88 Å². The zero-order valence-corrected chi connectivity index (χ0v) is 12.4. The molecule has 0 spiro atoms. The second-order valence-electron chi connectivity index (χ2n) is 5.04. The highest BCUT2D eigenvalue weighted by Gasteiger charge is 2.30. The van der Waals surface area contributed by atoms with Crippen molar-refractivity contribution in [2.24, 2.45) is 0 Å². The Labute approximate surface area is 122 Å². The third-order valence-electron chi connectivity index (χ3n) is 3.88. The Balaban J connectivity index is 1.61. The average molecular weight is 297 g/mol. The van der Waals surface area contributed by atoms with E-state index in [-0.39, 0.29) is 5.97 Å². The molecule has 1 atom stereocenters. The Morgan fingerprint density at radius 1 is 1.45 bits per heavy atom. The topological polar surface area (TPSA) is 54.9 Å². The summed E-state index contributed by atoms with van der Waals surface area (Å²) in [5.74, 6) is -0.308. The van der Waals surface area contributed by atoms with Crippen LogP contribution in [-0.2, 0) is 9.47 Å². The summed E-state index contributed by atoms with van der Waals surface area (Å²) in [7, 11) is 1.39. The minimum absolute atomic E-state index is 0.308. The van der Waals surface area contributed by atoms with Gasteiger partial charge in [-0.1, -0.05) is 11.3 Å². The lowest BCUT2D eigenvalue weighted by molar-refractivity contribution is 0.0209. The molecule has 0 bridgehead atoms. The first-order chi connectivity index (χ1) is 9.78. The molecule has 7 heteroatoms. The largest absolute Gasteiger partial charge is 0.465 e. The first-order valence-corrected chi connectivity index (χ1v) is 7.70. The van der Waals surface area contributed by atoms with Crippen LogP contribution in [0.15, 0.2) is 6.20 Å². The molecule has 2 aliphatic rings. The summed E-state index contributed by atoms with van der Waals surface area (Å²) in [6.07, 6.45) is 2.75. The lowest BCUT2D eigenvalue weighted by Crippen LogP contribution is -2.44. The van der Waals surface area contributed by atoms with Gasteiger partial charge in [0.25, 0.3) is 0 Å². The van der Waals surface area contributed by atoms with E-state index in [4.69, 9.17) is 9.47 Å². The van der Waals surface area contributed by atoms with E-state index in [1.165, 1.54) is 18.4 Å². The Morgan fingerprint density at radius 3 is 3.00 bits per heavy atom. The van der Waals surface area contributed by atoms with Crippen molar-refractivity contribution in [1.29, 1.82) is 0 Å². The molecular formula is C13H19N3O3S. The van der Waals surface area contributed by atoms with Crippen LogP contribution in [0.5, 0.6) is 0 Å². The maximum Gasteiger partial charge on any atom is 0.349 e. The number of rotatable bonds is 3. The average Bonchev–Trinajstić information content (AvgIpc) is 3.16. The van der Waals surface area contributed by atoms with Crippen molar-refractivity contribution < 1.29 is 14.3 Å². The van der Waals surface area contributed by atoms with Crippen LogP contribution in [0, 0.1) is 0 Å². The molecule has 0 aliphatic carbocycles. The molecule has 2 fully saturated rings. The lowest BCUT2D eigenvalue weighted by atomic mass is 10.2. The van der Waals surface area contributed by atoms with E-state index in [0.29, 0.717) is 10.9 Å².